The first kappa shape index (κ1) is 21.9. The maximum atomic E-state index is 13.1. The summed E-state index contributed by atoms with van der Waals surface area (Å²) in [6.45, 7) is 4.68. The number of carbonyl (C=O) groups excluding carboxylic acids is 1. The molecule has 0 aromatic heterocycles. The Bertz CT molecular complexity index is 878. The normalized spacial score (nSPS) is 18.1. The van der Waals surface area contributed by atoms with E-state index in [1.54, 1.807) is 0 Å². The minimum absolute atomic E-state index is 0.146. The Hall–Kier alpha value is -2.31. The molecule has 2 aromatic carbocycles. The van der Waals surface area contributed by atoms with Gasteiger partial charge in [0.25, 0.3) is 0 Å². The fourth-order valence-corrected chi connectivity index (χ4v) is 4.71. The molecule has 0 radical (unpaired) electrons. The molecule has 0 saturated carbocycles. The van der Waals surface area contributed by atoms with Gasteiger partial charge in [0.15, 0.2) is 0 Å². The summed E-state index contributed by atoms with van der Waals surface area (Å²) in [5.74, 6) is -0.208. The van der Waals surface area contributed by atoms with Crippen LogP contribution in [0.5, 0.6) is 0 Å². The van der Waals surface area contributed by atoms with E-state index in [1.807, 2.05) is 30.3 Å². The van der Waals surface area contributed by atoms with Crippen LogP contribution in [0.15, 0.2) is 42.5 Å². The van der Waals surface area contributed by atoms with E-state index in [-0.39, 0.29) is 17.9 Å². The Balaban J connectivity index is 1.23. The largest absolute Gasteiger partial charge is 0.370 e. The highest BCUT2D eigenvalue weighted by Gasteiger charge is 2.21. The molecule has 0 unspecified atom stereocenters. The molecule has 2 amide bonds. The highest BCUT2D eigenvalue weighted by molar-refractivity contribution is 6.33. The summed E-state index contributed by atoms with van der Waals surface area (Å²) in [7, 11) is 0. The van der Waals surface area contributed by atoms with Crippen LogP contribution in [0.1, 0.15) is 37.7 Å². The maximum Gasteiger partial charge on any atom is 0.319 e. The molecule has 0 bridgehead atoms. The molecule has 2 N–H and O–H groups in total. The standard InChI is InChI=1S/C24H30ClFN4O/c25-22-16-21(8-9-23(22)30-12-2-1-3-13-30)28-24(31)27-20-10-14-29(15-11-20)17-18-4-6-19(26)7-5-18/h4-9,16,20H,1-3,10-15,17H2,(H2,27,28,31). The monoisotopic (exact) mass is 444 g/mol. The van der Waals surface area contributed by atoms with Crippen molar-refractivity contribution < 1.29 is 9.18 Å². The topological polar surface area (TPSA) is 47.6 Å². The molecule has 2 aliphatic heterocycles. The van der Waals surface area contributed by atoms with E-state index < -0.39 is 0 Å². The van der Waals surface area contributed by atoms with Crippen LogP contribution in [-0.2, 0) is 6.54 Å². The number of nitrogens with zero attached hydrogens (tertiary/aromatic N) is 2. The van der Waals surface area contributed by atoms with E-state index >= 15 is 0 Å². The lowest BCUT2D eigenvalue weighted by atomic mass is 10.0. The van der Waals surface area contributed by atoms with E-state index in [2.05, 4.69) is 20.4 Å². The average Bonchev–Trinajstić information content (AvgIpc) is 2.77. The molecule has 2 aromatic rings. The molecule has 2 heterocycles. The highest BCUT2D eigenvalue weighted by atomic mass is 35.5. The van der Waals surface area contributed by atoms with Gasteiger partial charge in [0.2, 0.25) is 0 Å². The Morgan fingerprint density at radius 2 is 1.71 bits per heavy atom. The molecular formula is C24H30ClFN4O. The molecule has 2 saturated heterocycles. The van der Waals surface area contributed by atoms with Gasteiger partial charge in [-0.1, -0.05) is 23.7 Å². The van der Waals surface area contributed by atoms with E-state index in [0.29, 0.717) is 10.7 Å². The minimum Gasteiger partial charge on any atom is -0.370 e. The number of amides is 2. The number of hydrogen-bond acceptors (Lipinski definition) is 3. The van der Waals surface area contributed by atoms with E-state index in [9.17, 15) is 9.18 Å². The SMILES string of the molecule is O=C(Nc1ccc(N2CCCCC2)c(Cl)c1)NC1CCN(Cc2ccc(F)cc2)CC1. The van der Waals surface area contributed by atoms with E-state index in [4.69, 9.17) is 11.6 Å². The molecule has 2 aliphatic rings. The number of benzene rings is 2. The van der Waals surface area contributed by atoms with E-state index in [0.717, 1.165) is 56.8 Å². The summed E-state index contributed by atoms with van der Waals surface area (Å²) in [4.78, 5) is 17.1. The average molecular weight is 445 g/mol. The predicted octanol–water partition coefficient (Wildman–Crippen LogP) is 5.26. The molecule has 7 heteroatoms. The first-order valence-corrected chi connectivity index (χ1v) is 11.5. The number of anilines is 2. The van der Waals surface area contributed by atoms with Gasteiger partial charge in [0, 0.05) is 44.5 Å². The third kappa shape index (κ3) is 6.11. The van der Waals surface area contributed by atoms with Crippen molar-refractivity contribution in [3.05, 3.63) is 58.9 Å². The van der Waals surface area contributed by atoms with Gasteiger partial charge in [-0.05, 0) is 68.0 Å². The van der Waals surface area contributed by atoms with Crippen LogP contribution in [0.4, 0.5) is 20.6 Å². The number of hydrogen-bond donors (Lipinski definition) is 2. The second kappa shape index (κ2) is 10.3. The van der Waals surface area contributed by atoms with Gasteiger partial charge < -0.3 is 15.5 Å². The van der Waals surface area contributed by atoms with Crippen molar-refractivity contribution in [3.8, 4) is 0 Å². The summed E-state index contributed by atoms with van der Waals surface area (Å²) in [5, 5.41) is 6.67. The summed E-state index contributed by atoms with van der Waals surface area (Å²) >= 11 is 6.49. The van der Waals surface area contributed by atoms with Crippen LogP contribution in [0.25, 0.3) is 0 Å². The third-order valence-electron chi connectivity index (χ3n) is 6.14. The number of carbonyl (C=O) groups is 1. The summed E-state index contributed by atoms with van der Waals surface area (Å²) in [5.41, 5.74) is 2.85. The molecule has 5 nitrogen and oxygen atoms in total. The summed E-state index contributed by atoms with van der Waals surface area (Å²) < 4.78 is 13.1. The van der Waals surface area contributed by atoms with Gasteiger partial charge in [-0.3, -0.25) is 4.90 Å². The Morgan fingerprint density at radius 1 is 1.00 bits per heavy atom. The zero-order valence-electron chi connectivity index (χ0n) is 17.7. The molecule has 0 atom stereocenters. The lowest BCUT2D eigenvalue weighted by molar-refractivity contribution is 0.190. The number of halogens is 2. The van der Waals surface area contributed by atoms with Crippen molar-refractivity contribution in [1.29, 1.82) is 0 Å². The van der Waals surface area contributed by atoms with Crippen molar-refractivity contribution in [2.45, 2.75) is 44.7 Å². The third-order valence-corrected chi connectivity index (χ3v) is 6.45. The van der Waals surface area contributed by atoms with Crippen LogP contribution >= 0.6 is 11.6 Å². The number of likely N-dealkylation sites (tertiary alicyclic amines) is 1. The lowest BCUT2D eigenvalue weighted by Crippen LogP contribution is -2.45. The van der Waals surface area contributed by atoms with Crippen molar-refractivity contribution >= 4 is 29.0 Å². The van der Waals surface area contributed by atoms with Crippen LogP contribution in [0.2, 0.25) is 5.02 Å². The lowest BCUT2D eigenvalue weighted by Gasteiger charge is -2.32. The summed E-state index contributed by atoms with van der Waals surface area (Å²) in [6, 6.07) is 12.3. The number of urea groups is 1. The predicted molar refractivity (Wildman–Crippen MR) is 124 cm³/mol. The van der Waals surface area contributed by atoms with Crippen LogP contribution in [-0.4, -0.2) is 43.2 Å². The van der Waals surface area contributed by atoms with Gasteiger partial charge in [-0.25, -0.2) is 9.18 Å². The molecular weight excluding hydrogens is 415 g/mol. The van der Waals surface area contributed by atoms with Gasteiger partial charge >= 0.3 is 6.03 Å². The second-order valence-electron chi connectivity index (χ2n) is 8.49. The van der Waals surface area contributed by atoms with Crippen molar-refractivity contribution in [2.75, 3.05) is 36.4 Å². The molecule has 166 valence electrons. The Morgan fingerprint density at radius 3 is 2.39 bits per heavy atom. The van der Waals surface area contributed by atoms with Gasteiger partial charge in [-0.15, -0.1) is 0 Å². The molecule has 2 fully saturated rings. The number of rotatable bonds is 5. The second-order valence-corrected chi connectivity index (χ2v) is 8.90. The number of piperidine rings is 2. The highest BCUT2D eigenvalue weighted by Crippen LogP contribution is 2.30. The van der Waals surface area contributed by atoms with E-state index in [1.165, 1.54) is 31.4 Å². The maximum absolute atomic E-state index is 13.1. The van der Waals surface area contributed by atoms with Crippen LogP contribution < -0.4 is 15.5 Å². The summed E-state index contributed by atoms with van der Waals surface area (Å²) in [6.07, 6.45) is 5.45. The van der Waals surface area contributed by atoms with Crippen molar-refractivity contribution in [2.24, 2.45) is 0 Å². The van der Waals surface area contributed by atoms with Gasteiger partial charge in [0.05, 0.1) is 10.7 Å². The van der Waals surface area contributed by atoms with Gasteiger partial charge in [-0.2, -0.15) is 0 Å². The first-order chi connectivity index (χ1) is 15.1. The minimum atomic E-state index is -0.208. The quantitative estimate of drug-likeness (QED) is 0.661. The molecule has 4 rings (SSSR count). The fourth-order valence-electron chi connectivity index (χ4n) is 4.41. The zero-order chi connectivity index (χ0) is 21.6. The first-order valence-electron chi connectivity index (χ1n) is 11.2. The molecule has 0 spiro atoms. The van der Waals surface area contributed by atoms with Crippen molar-refractivity contribution in [1.82, 2.24) is 10.2 Å². The van der Waals surface area contributed by atoms with Crippen LogP contribution in [0, 0.1) is 5.82 Å². The Labute approximate surface area is 188 Å². The fraction of sp³-hybridized carbons (Fsp3) is 0.458. The smallest absolute Gasteiger partial charge is 0.319 e. The van der Waals surface area contributed by atoms with Crippen LogP contribution in [0.3, 0.4) is 0 Å². The number of nitrogens with one attached hydrogen (secondary N) is 2. The van der Waals surface area contributed by atoms with Gasteiger partial charge in [0.1, 0.15) is 5.82 Å². The Kier molecular flexibility index (Phi) is 7.30. The molecule has 31 heavy (non-hydrogen) atoms. The molecule has 0 aliphatic carbocycles. The zero-order valence-corrected chi connectivity index (χ0v) is 18.5. The van der Waals surface area contributed by atoms with Crippen molar-refractivity contribution in [3.63, 3.8) is 0 Å².